The molecule has 0 fully saturated rings. The molecule has 0 N–H and O–H groups in total. The molecule has 46 heavy (non-hydrogen) atoms. The molecule has 0 aliphatic heterocycles. The number of hydrogen-bond donors (Lipinski definition) is 0. The Balaban J connectivity index is 1.38. The first-order valence-electron chi connectivity index (χ1n) is 15.7. The van der Waals surface area contributed by atoms with Crippen LogP contribution in [0.25, 0.3) is 98.6 Å². The van der Waals surface area contributed by atoms with Crippen LogP contribution in [-0.2, 0) is 0 Å². The average molecular weight is 587 g/mol. The van der Waals surface area contributed by atoms with Gasteiger partial charge in [0, 0.05) is 32.8 Å². The van der Waals surface area contributed by atoms with E-state index in [2.05, 4.69) is 140 Å². The van der Waals surface area contributed by atoms with Crippen LogP contribution in [0.3, 0.4) is 0 Å². The van der Waals surface area contributed by atoms with E-state index in [1.165, 1.54) is 43.4 Å². The predicted octanol–water partition coefficient (Wildman–Crippen LogP) is 12.8. The van der Waals surface area contributed by atoms with Crippen LogP contribution in [0.4, 0.5) is 0 Å². The lowest BCUT2D eigenvalue weighted by Gasteiger charge is -2.18. The minimum Gasteiger partial charge on any atom is -0.464 e. The summed E-state index contributed by atoms with van der Waals surface area (Å²) in [7, 11) is 0. The number of hydrogen-bond acceptors (Lipinski definition) is 2. The van der Waals surface area contributed by atoms with Crippen LogP contribution in [0, 0.1) is 0 Å². The van der Waals surface area contributed by atoms with Crippen molar-refractivity contribution in [3.05, 3.63) is 158 Å². The van der Waals surface area contributed by atoms with Gasteiger partial charge in [-0.25, -0.2) is 0 Å². The van der Waals surface area contributed by atoms with Gasteiger partial charge < -0.3 is 8.83 Å². The molecule has 0 saturated carbocycles. The van der Waals surface area contributed by atoms with E-state index in [4.69, 9.17) is 8.83 Å². The first-order chi connectivity index (χ1) is 22.8. The molecule has 0 radical (unpaired) electrons. The highest BCUT2D eigenvalue weighted by atomic mass is 16.3. The zero-order chi connectivity index (χ0) is 30.2. The van der Waals surface area contributed by atoms with Gasteiger partial charge in [-0.2, -0.15) is 0 Å². The molecule has 0 atom stereocenters. The predicted molar refractivity (Wildman–Crippen MR) is 192 cm³/mol. The summed E-state index contributed by atoms with van der Waals surface area (Å²) in [5.74, 6) is 0. The third-order valence-electron chi connectivity index (χ3n) is 9.52. The Bertz CT molecular complexity index is 2740. The minimum absolute atomic E-state index is 0.895. The maximum absolute atomic E-state index is 6.71. The first kappa shape index (κ1) is 25.2. The maximum atomic E-state index is 6.71. The molecule has 2 aromatic heterocycles. The molecule has 2 heteroatoms. The minimum atomic E-state index is 0.895. The molecule has 10 rings (SSSR count). The lowest BCUT2D eigenvalue weighted by atomic mass is 9.85. The molecule has 214 valence electrons. The van der Waals surface area contributed by atoms with Gasteiger partial charge in [0.15, 0.2) is 0 Å². The first-order valence-corrected chi connectivity index (χ1v) is 15.7. The number of para-hydroxylation sites is 1. The van der Waals surface area contributed by atoms with Crippen molar-refractivity contribution in [1.29, 1.82) is 0 Å². The van der Waals surface area contributed by atoms with Crippen LogP contribution in [0.1, 0.15) is 0 Å². The smallest absolute Gasteiger partial charge is 0.143 e. The molecular formula is C44H26O2. The van der Waals surface area contributed by atoms with Gasteiger partial charge in [0.2, 0.25) is 0 Å². The molecular weight excluding hydrogens is 560 g/mol. The van der Waals surface area contributed by atoms with Gasteiger partial charge in [0.25, 0.3) is 0 Å². The Morgan fingerprint density at radius 2 is 0.978 bits per heavy atom. The zero-order valence-electron chi connectivity index (χ0n) is 24.8. The third-order valence-corrected chi connectivity index (χ3v) is 9.52. The van der Waals surface area contributed by atoms with Crippen LogP contribution < -0.4 is 0 Å². The standard InChI is InChI=1S/C44H26O2/c1-2-12-27(13-3-1)36-24-29(25-37-43-30-15-5-4-14-28(30)22-23-40(43)46-44(36)37)41-32-17-6-8-19-34(32)42(35-20-9-7-18-33(35)41)38-26-45-39-21-11-10-16-31(38)39/h1-26H. The highest BCUT2D eigenvalue weighted by Gasteiger charge is 2.22. The Kier molecular flexibility index (Phi) is 5.31. The van der Waals surface area contributed by atoms with Gasteiger partial charge in [-0.15, -0.1) is 0 Å². The van der Waals surface area contributed by atoms with Crippen LogP contribution in [0.15, 0.2) is 167 Å². The molecule has 0 amide bonds. The second kappa shape index (κ2) is 9.69. The molecule has 0 spiro atoms. The molecule has 0 saturated heterocycles. The van der Waals surface area contributed by atoms with Crippen molar-refractivity contribution >= 4 is 65.2 Å². The fourth-order valence-corrected chi connectivity index (χ4v) is 7.53. The lowest BCUT2D eigenvalue weighted by molar-refractivity contribution is 0.617. The molecule has 10 aromatic rings. The largest absolute Gasteiger partial charge is 0.464 e. The highest BCUT2D eigenvalue weighted by molar-refractivity contribution is 6.26. The van der Waals surface area contributed by atoms with Crippen molar-refractivity contribution in [2.24, 2.45) is 0 Å². The van der Waals surface area contributed by atoms with Crippen LogP contribution >= 0.6 is 0 Å². The molecule has 0 aliphatic rings. The van der Waals surface area contributed by atoms with E-state index in [1.807, 2.05) is 18.4 Å². The van der Waals surface area contributed by atoms with Gasteiger partial charge in [0.1, 0.15) is 16.7 Å². The number of furan rings is 2. The average Bonchev–Trinajstić information content (AvgIpc) is 3.72. The van der Waals surface area contributed by atoms with Crippen molar-refractivity contribution in [2.45, 2.75) is 0 Å². The summed E-state index contributed by atoms with van der Waals surface area (Å²) in [5, 5.41) is 10.6. The molecule has 2 heterocycles. The Labute approximate surface area is 264 Å². The van der Waals surface area contributed by atoms with Gasteiger partial charge in [-0.1, -0.05) is 127 Å². The van der Waals surface area contributed by atoms with Crippen LogP contribution in [0.5, 0.6) is 0 Å². The Morgan fingerprint density at radius 3 is 1.72 bits per heavy atom. The third kappa shape index (κ3) is 3.59. The summed E-state index contributed by atoms with van der Waals surface area (Å²) in [6.45, 7) is 0. The Hall–Kier alpha value is -6.12. The summed E-state index contributed by atoms with van der Waals surface area (Å²) in [6.07, 6.45) is 1.92. The number of fused-ring (bicyclic) bond motifs is 8. The van der Waals surface area contributed by atoms with E-state index in [0.29, 0.717) is 0 Å². The zero-order valence-corrected chi connectivity index (χ0v) is 24.8. The maximum Gasteiger partial charge on any atom is 0.143 e. The van der Waals surface area contributed by atoms with E-state index >= 15 is 0 Å². The van der Waals surface area contributed by atoms with Crippen LogP contribution in [0.2, 0.25) is 0 Å². The van der Waals surface area contributed by atoms with Gasteiger partial charge in [-0.3, -0.25) is 0 Å². The van der Waals surface area contributed by atoms with Gasteiger partial charge in [-0.05, 0) is 73.3 Å². The fraction of sp³-hybridized carbons (Fsp3) is 0. The summed E-state index contributed by atoms with van der Waals surface area (Å²) < 4.78 is 12.8. The number of benzene rings is 8. The monoisotopic (exact) mass is 586 g/mol. The topological polar surface area (TPSA) is 26.3 Å². The second-order valence-electron chi connectivity index (χ2n) is 12.0. The second-order valence-corrected chi connectivity index (χ2v) is 12.0. The Morgan fingerprint density at radius 1 is 0.370 bits per heavy atom. The summed E-state index contributed by atoms with van der Waals surface area (Å²) >= 11 is 0. The quantitative estimate of drug-likeness (QED) is 0.193. The van der Waals surface area contributed by atoms with Crippen molar-refractivity contribution in [1.82, 2.24) is 0 Å². The SMILES string of the molecule is c1ccc(-c2cc(-c3c4ccccc4c(-c4coc5ccccc45)c4ccccc34)cc3c2oc2ccc4ccccc4c23)cc1. The summed E-state index contributed by atoms with van der Waals surface area (Å²) in [4.78, 5) is 0. The van der Waals surface area contributed by atoms with Gasteiger partial charge >= 0.3 is 0 Å². The molecule has 2 nitrogen and oxygen atoms in total. The van der Waals surface area contributed by atoms with Gasteiger partial charge in [0.05, 0.1) is 6.26 Å². The van der Waals surface area contributed by atoms with E-state index < -0.39 is 0 Å². The van der Waals surface area contributed by atoms with Crippen LogP contribution in [-0.4, -0.2) is 0 Å². The lowest BCUT2D eigenvalue weighted by Crippen LogP contribution is -1.91. The molecule has 0 unspecified atom stereocenters. The van der Waals surface area contributed by atoms with E-state index in [-0.39, 0.29) is 0 Å². The molecule has 0 bridgehead atoms. The van der Waals surface area contributed by atoms with E-state index in [1.54, 1.807) is 0 Å². The molecule has 8 aromatic carbocycles. The fourth-order valence-electron chi connectivity index (χ4n) is 7.53. The highest BCUT2D eigenvalue weighted by Crippen LogP contribution is 2.48. The van der Waals surface area contributed by atoms with Crippen molar-refractivity contribution < 1.29 is 8.83 Å². The molecule has 0 aliphatic carbocycles. The summed E-state index contributed by atoms with van der Waals surface area (Å²) in [6, 6.07) is 54.0. The summed E-state index contributed by atoms with van der Waals surface area (Å²) in [5.41, 5.74) is 9.63. The van der Waals surface area contributed by atoms with E-state index in [0.717, 1.165) is 55.2 Å². The van der Waals surface area contributed by atoms with Crippen molar-refractivity contribution in [3.8, 4) is 33.4 Å². The number of rotatable bonds is 3. The van der Waals surface area contributed by atoms with Crippen molar-refractivity contribution in [3.63, 3.8) is 0 Å². The normalized spacial score (nSPS) is 11.9. The van der Waals surface area contributed by atoms with E-state index in [9.17, 15) is 0 Å². The van der Waals surface area contributed by atoms with Crippen molar-refractivity contribution in [2.75, 3.05) is 0 Å².